The fourth-order valence-corrected chi connectivity index (χ4v) is 0.987. The van der Waals surface area contributed by atoms with Crippen LogP contribution in [-0.4, -0.2) is 35.9 Å². The van der Waals surface area contributed by atoms with Crippen LogP contribution in [0.2, 0.25) is 0 Å². The number of hydrogen-bond donors (Lipinski definition) is 2. The Morgan fingerprint density at radius 3 is 2.87 bits per heavy atom. The molecule has 0 fully saturated rings. The normalized spacial score (nSPS) is 12.5. The lowest BCUT2D eigenvalue weighted by atomic mass is 10.2. The second kappa shape index (κ2) is 5.42. The van der Waals surface area contributed by atoms with E-state index in [4.69, 9.17) is 14.9 Å². The van der Waals surface area contributed by atoms with Gasteiger partial charge in [0.1, 0.15) is 0 Å². The first-order valence-electron chi connectivity index (χ1n) is 4.48. The summed E-state index contributed by atoms with van der Waals surface area (Å²) in [5.41, 5.74) is 5.37. The topological polar surface area (TPSA) is 103 Å². The Morgan fingerprint density at radius 1 is 1.67 bits per heavy atom. The molecule has 0 saturated heterocycles. The van der Waals surface area contributed by atoms with Gasteiger partial charge in [-0.2, -0.15) is 0 Å². The lowest BCUT2D eigenvalue weighted by Gasteiger charge is -2.10. The van der Waals surface area contributed by atoms with Crippen LogP contribution in [0.1, 0.15) is 12.3 Å². The van der Waals surface area contributed by atoms with Gasteiger partial charge in [0.2, 0.25) is 11.8 Å². The quantitative estimate of drug-likeness (QED) is 0.696. The molecule has 0 aliphatic rings. The first-order valence-corrected chi connectivity index (χ1v) is 4.48. The van der Waals surface area contributed by atoms with Crippen molar-refractivity contribution in [1.29, 1.82) is 0 Å². The molecule has 7 heteroatoms. The number of nitrogens with zero attached hydrogens (tertiary/aromatic N) is 2. The van der Waals surface area contributed by atoms with Crippen LogP contribution in [-0.2, 0) is 9.53 Å². The van der Waals surface area contributed by atoms with Gasteiger partial charge >= 0.3 is 6.01 Å². The molecule has 0 radical (unpaired) electrons. The SMILES string of the molecule is COC(CN)CC(=O)Nc1nnc(C)o1. The van der Waals surface area contributed by atoms with Crippen molar-refractivity contribution in [3.63, 3.8) is 0 Å². The number of methoxy groups -OCH3 is 1. The van der Waals surface area contributed by atoms with Gasteiger partial charge in [-0.05, 0) is 0 Å². The van der Waals surface area contributed by atoms with Crippen LogP contribution in [0.15, 0.2) is 4.42 Å². The largest absolute Gasteiger partial charge is 0.408 e. The summed E-state index contributed by atoms with van der Waals surface area (Å²) >= 11 is 0. The number of carbonyl (C=O) groups excluding carboxylic acids is 1. The van der Waals surface area contributed by atoms with Crippen molar-refractivity contribution in [2.75, 3.05) is 19.0 Å². The molecule has 84 valence electrons. The van der Waals surface area contributed by atoms with E-state index in [-0.39, 0.29) is 31.0 Å². The number of carbonyl (C=O) groups is 1. The Hall–Kier alpha value is -1.47. The van der Waals surface area contributed by atoms with E-state index in [0.717, 1.165) is 0 Å². The van der Waals surface area contributed by atoms with Crippen LogP contribution >= 0.6 is 0 Å². The molecule has 3 N–H and O–H groups in total. The molecule has 0 saturated carbocycles. The highest BCUT2D eigenvalue weighted by Crippen LogP contribution is 2.05. The number of ether oxygens (including phenoxy) is 1. The van der Waals surface area contributed by atoms with Crippen molar-refractivity contribution in [3.05, 3.63) is 5.89 Å². The molecule has 0 aromatic carbocycles. The monoisotopic (exact) mass is 214 g/mol. The third kappa shape index (κ3) is 3.64. The molecule has 7 nitrogen and oxygen atoms in total. The van der Waals surface area contributed by atoms with Gasteiger partial charge in [0.05, 0.1) is 12.5 Å². The molecule has 1 rings (SSSR count). The highest BCUT2D eigenvalue weighted by Gasteiger charge is 2.13. The van der Waals surface area contributed by atoms with E-state index in [1.54, 1.807) is 6.92 Å². The van der Waals surface area contributed by atoms with E-state index in [1.807, 2.05) is 0 Å². The number of aromatic nitrogens is 2. The molecule has 0 spiro atoms. The van der Waals surface area contributed by atoms with Crippen LogP contribution in [0.4, 0.5) is 6.01 Å². The van der Waals surface area contributed by atoms with Crippen molar-refractivity contribution < 1.29 is 13.9 Å². The van der Waals surface area contributed by atoms with Crippen LogP contribution in [0.3, 0.4) is 0 Å². The third-order valence-electron chi connectivity index (χ3n) is 1.78. The summed E-state index contributed by atoms with van der Waals surface area (Å²) in [6.07, 6.45) is -0.136. The standard InChI is InChI=1S/C8H14N4O3/c1-5-11-12-8(15-5)10-7(13)3-6(4-9)14-2/h6H,3-4,9H2,1-2H3,(H,10,12,13). The number of nitrogens with one attached hydrogen (secondary N) is 1. The smallest absolute Gasteiger partial charge is 0.322 e. The fraction of sp³-hybridized carbons (Fsp3) is 0.625. The summed E-state index contributed by atoms with van der Waals surface area (Å²) in [7, 11) is 1.50. The van der Waals surface area contributed by atoms with Crippen molar-refractivity contribution in [2.24, 2.45) is 5.73 Å². The molecule has 1 aromatic heterocycles. The minimum Gasteiger partial charge on any atom is -0.408 e. The van der Waals surface area contributed by atoms with Gasteiger partial charge in [-0.1, -0.05) is 5.10 Å². The minimum atomic E-state index is -0.297. The second-order valence-electron chi connectivity index (χ2n) is 2.97. The summed E-state index contributed by atoms with van der Waals surface area (Å²) < 4.78 is 9.94. The van der Waals surface area contributed by atoms with E-state index in [2.05, 4.69) is 15.5 Å². The Bertz CT molecular complexity index is 321. The van der Waals surface area contributed by atoms with Gasteiger partial charge < -0.3 is 14.9 Å². The molecule has 15 heavy (non-hydrogen) atoms. The zero-order valence-electron chi connectivity index (χ0n) is 8.69. The minimum absolute atomic E-state index is 0.0874. The molecule has 1 heterocycles. The van der Waals surface area contributed by atoms with Crippen molar-refractivity contribution in [1.82, 2.24) is 10.2 Å². The maximum absolute atomic E-state index is 11.4. The van der Waals surface area contributed by atoms with E-state index >= 15 is 0 Å². The zero-order valence-corrected chi connectivity index (χ0v) is 8.69. The van der Waals surface area contributed by atoms with E-state index in [1.165, 1.54) is 7.11 Å². The van der Waals surface area contributed by atoms with Crippen LogP contribution in [0.25, 0.3) is 0 Å². The molecule has 1 aromatic rings. The van der Waals surface area contributed by atoms with Gasteiger partial charge in [-0.3, -0.25) is 10.1 Å². The lowest BCUT2D eigenvalue weighted by molar-refractivity contribution is -0.118. The molecule has 0 aliphatic carbocycles. The van der Waals surface area contributed by atoms with Gasteiger partial charge in [-0.25, -0.2) is 0 Å². The van der Waals surface area contributed by atoms with Crippen molar-refractivity contribution >= 4 is 11.9 Å². The predicted molar refractivity (Wildman–Crippen MR) is 52.1 cm³/mol. The Labute approximate surface area is 87.0 Å². The third-order valence-corrected chi connectivity index (χ3v) is 1.78. The Balaban J connectivity index is 2.42. The number of amides is 1. The summed E-state index contributed by atoms with van der Waals surface area (Å²) in [6.45, 7) is 1.92. The molecule has 0 bridgehead atoms. The summed E-state index contributed by atoms with van der Waals surface area (Å²) in [6, 6.07) is 0.0874. The van der Waals surface area contributed by atoms with Crippen LogP contribution in [0.5, 0.6) is 0 Å². The number of hydrogen-bond acceptors (Lipinski definition) is 6. The second-order valence-corrected chi connectivity index (χ2v) is 2.97. The maximum atomic E-state index is 11.4. The van der Waals surface area contributed by atoms with E-state index < -0.39 is 0 Å². The van der Waals surface area contributed by atoms with Crippen molar-refractivity contribution in [2.45, 2.75) is 19.4 Å². The summed E-state index contributed by atoms with van der Waals surface area (Å²) in [5.74, 6) is 0.128. The lowest BCUT2D eigenvalue weighted by Crippen LogP contribution is -2.28. The predicted octanol–water partition coefficient (Wildman–Crippen LogP) is -0.320. The molecule has 1 amide bonds. The molecular weight excluding hydrogens is 200 g/mol. The molecular formula is C8H14N4O3. The van der Waals surface area contributed by atoms with Gasteiger partial charge in [0.25, 0.3) is 0 Å². The van der Waals surface area contributed by atoms with Crippen LogP contribution in [0, 0.1) is 6.92 Å². The van der Waals surface area contributed by atoms with E-state index in [0.29, 0.717) is 5.89 Å². The first-order chi connectivity index (χ1) is 7.15. The van der Waals surface area contributed by atoms with E-state index in [9.17, 15) is 4.79 Å². The molecule has 1 atom stereocenters. The highest BCUT2D eigenvalue weighted by molar-refractivity contribution is 5.88. The average molecular weight is 214 g/mol. The molecule has 0 aliphatic heterocycles. The average Bonchev–Trinajstić information content (AvgIpc) is 2.60. The van der Waals surface area contributed by atoms with Gasteiger partial charge in [0.15, 0.2) is 0 Å². The van der Waals surface area contributed by atoms with Crippen LogP contribution < -0.4 is 11.1 Å². The number of nitrogens with two attached hydrogens (primary N) is 1. The highest BCUT2D eigenvalue weighted by atomic mass is 16.5. The maximum Gasteiger partial charge on any atom is 0.322 e. The number of rotatable bonds is 5. The van der Waals surface area contributed by atoms with Gasteiger partial charge in [0, 0.05) is 20.6 Å². The van der Waals surface area contributed by atoms with Crippen molar-refractivity contribution in [3.8, 4) is 0 Å². The fourth-order valence-electron chi connectivity index (χ4n) is 0.987. The first kappa shape index (κ1) is 11.6. The number of anilines is 1. The number of aryl methyl sites for hydroxylation is 1. The Morgan fingerprint density at radius 2 is 2.40 bits per heavy atom. The summed E-state index contributed by atoms with van der Waals surface area (Å²) in [5, 5.41) is 9.64. The summed E-state index contributed by atoms with van der Waals surface area (Å²) in [4.78, 5) is 11.4. The molecule has 1 unspecified atom stereocenters. The van der Waals surface area contributed by atoms with Gasteiger partial charge in [-0.15, -0.1) is 5.10 Å². The Kier molecular flexibility index (Phi) is 4.19. The zero-order chi connectivity index (χ0) is 11.3.